The van der Waals surface area contributed by atoms with Crippen molar-refractivity contribution in [3.05, 3.63) is 0 Å². The van der Waals surface area contributed by atoms with E-state index < -0.39 is 0 Å². The van der Waals surface area contributed by atoms with Crippen LogP contribution in [0.25, 0.3) is 0 Å². The molecule has 0 nitrogen and oxygen atoms in total. The van der Waals surface area contributed by atoms with E-state index in [1.807, 2.05) is 41.5 Å². The summed E-state index contributed by atoms with van der Waals surface area (Å²) in [5, 5.41) is 0. The molecule has 0 aromatic rings. The minimum absolute atomic E-state index is 0.853. The van der Waals surface area contributed by atoms with Gasteiger partial charge in [-0.05, 0) is 30.1 Å². The van der Waals surface area contributed by atoms with Crippen LogP contribution < -0.4 is 0 Å². The zero-order valence-corrected chi connectivity index (χ0v) is 21.1. The van der Waals surface area contributed by atoms with Crippen molar-refractivity contribution in [1.29, 1.82) is 0 Å². The van der Waals surface area contributed by atoms with Gasteiger partial charge >= 0.3 is 0 Å². The lowest BCUT2D eigenvalue weighted by atomic mass is 9.80. The Morgan fingerprint density at radius 1 is 0.500 bits per heavy atom. The summed E-state index contributed by atoms with van der Waals surface area (Å²) in [5.74, 6) is 3.52. The van der Waals surface area contributed by atoms with E-state index >= 15 is 0 Å². The maximum Gasteiger partial charge on any atom is -0.0391 e. The summed E-state index contributed by atoms with van der Waals surface area (Å²) in [6.45, 7) is 34.6. The summed E-state index contributed by atoms with van der Waals surface area (Å²) in [4.78, 5) is 0. The van der Waals surface area contributed by atoms with E-state index in [4.69, 9.17) is 0 Å². The molecule has 0 fully saturated rings. The summed E-state index contributed by atoms with van der Waals surface area (Å²) in [7, 11) is 0. The predicted octanol–water partition coefficient (Wildman–Crippen LogP) is 10.3. The van der Waals surface area contributed by atoms with Gasteiger partial charge in [-0.25, -0.2) is 0 Å². The largest absolute Gasteiger partial charge is 0.0683 e. The molecule has 0 saturated carbocycles. The van der Waals surface area contributed by atoms with Gasteiger partial charge in [0, 0.05) is 0 Å². The number of hydrogen-bond donors (Lipinski definition) is 0. The highest BCUT2D eigenvalue weighted by Gasteiger charge is 2.18. The molecule has 0 aliphatic heterocycles. The van der Waals surface area contributed by atoms with Crippen molar-refractivity contribution >= 4 is 0 Å². The molecule has 0 saturated heterocycles. The van der Waals surface area contributed by atoms with Gasteiger partial charge in [0.2, 0.25) is 0 Å². The molecule has 0 N–H and O–H groups in total. The molecule has 24 heavy (non-hydrogen) atoms. The third-order valence-electron chi connectivity index (χ3n) is 3.28. The second-order valence-corrected chi connectivity index (χ2v) is 6.27. The van der Waals surface area contributed by atoms with E-state index in [1.54, 1.807) is 0 Å². The van der Waals surface area contributed by atoms with Crippen LogP contribution in [0.3, 0.4) is 0 Å². The molecule has 0 spiro atoms. The molecule has 0 amide bonds. The Morgan fingerprint density at radius 2 is 0.750 bits per heavy atom. The van der Waals surface area contributed by atoms with Crippen molar-refractivity contribution in [2.24, 2.45) is 23.7 Å². The van der Waals surface area contributed by atoms with Crippen molar-refractivity contribution in [2.75, 3.05) is 0 Å². The van der Waals surface area contributed by atoms with Gasteiger partial charge in [0.1, 0.15) is 0 Å². The molecule has 0 heteroatoms. The quantitative estimate of drug-likeness (QED) is 0.463. The molecular formula is C24H60. The molecule has 0 radical (unpaired) electrons. The highest BCUT2D eigenvalue weighted by Crippen LogP contribution is 2.27. The summed E-state index contributed by atoms with van der Waals surface area (Å²) in [6, 6.07) is 0. The molecule has 0 aromatic carbocycles. The Bertz CT molecular complexity index is 124. The average molecular weight is 349 g/mol. The first-order chi connectivity index (χ1) is 11.3. The fourth-order valence-electron chi connectivity index (χ4n) is 1.89. The Labute approximate surface area is 160 Å². The third-order valence-corrected chi connectivity index (χ3v) is 3.28. The smallest absolute Gasteiger partial charge is 0.0391 e. The lowest BCUT2D eigenvalue weighted by Crippen LogP contribution is -2.17. The van der Waals surface area contributed by atoms with Gasteiger partial charge in [-0.3, -0.25) is 0 Å². The van der Waals surface area contributed by atoms with Gasteiger partial charge < -0.3 is 0 Å². The van der Waals surface area contributed by atoms with Crippen molar-refractivity contribution in [2.45, 2.75) is 136 Å². The van der Waals surface area contributed by atoms with E-state index in [0.717, 1.165) is 23.7 Å². The standard InChI is InChI=1S/C12H26.2C3H8.3C2H6/c1-7-10(4)12(6)11(5)8-9(2)3;2*1-3-2;3*1-2/h9-12H,7-8H2,1-6H3;2*3H2,1-2H3;3*1-2H3. The minimum atomic E-state index is 0.853. The van der Waals surface area contributed by atoms with Gasteiger partial charge in [0.15, 0.2) is 0 Å². The molecule has 0 rings (SSSR count). The fraction of sp³-hybridized carbons (Fsp3) is 1.00. The van der Waals surface area contributed by atoms with Crippen LogP contribution in [0.15, 0.2) is 0 Å². The van der Waals surface area contributed by atoms with Crippen LogP contribution in [0.2, 0.25) is 0 Å². The zero-order chi connectivity index (χ0) is 21.1. The Balaban J connectivity index is -0.0000000560. The van der Waals surface area contributed by atoms with Crippen LogP contribution in [0, 0.1) is 23.7 Å². The SMILES string of the molecule is CC.CC.CC.CCC.CCC.CCC(C)C(C)C(C)CC(C)C. The van der Waals surface area contributed by atoms with Crippen LogP contribution in [0.1, 0.15) is 136 Å². The van der Waals surface area contributed by atoms with Crippen molar-refractivity contribution in [3.8, 4) is 0 Å². The van der Waals surface area contributed by atoms with E-state index in [9.17, 15) is 0 Å². The van der Waals surface area contributed by atoms with Crippen molar-refractivity contribution in [3.63, 3.8) is 0 Å². The molecule has 3 unspecified atom stereocenters. The van der Waals surface area contributed by atoms with Crippen LogP contribution in [-0.2, 0) is 0 Å². The molecule has 0 aliphatic rings. The molecular weight excluding hydrogens is 288 g/mol. The first kappa shape index (κ1) is 39.2. The van der Waals surface area contributed by atoms with E-state index in [2.05, 4.69) is 69.2 Å². The van der Waals surface area contributed by atoms with Crippen LogP contribution in [0.5, 0.6) is 0 Å². The van der Waals surface area contributed by atoms with Gasteiger partial charge in [-0.1, -0.05) is 130 Å². The normalized spacial score (nSPS) is 11.9. The first-order valence-corrected chi connectivity index (χ1v) is 11.3. The van der Waals surface area contributed by atoms with E-state index in [-0.39, 0.29) is 0 Å². The topological polar surface area (TPSA) is 0 Å². The van der Waals surface area contributed by atoms with Crippen LogP contribution in [-0.4, -0.2) is 0 Å². The van der Waals surface area contributed by atoms with E-state index in [0.29, 0.717) is 0 Å². The maximum absolute atomic E-state index is 2.40. The molecule has 0 bridgehead atoms. The van der Waals surface area contributed by atoms with Gasteiger partial charge in [0.05, 0.1) is 0 Å². The molecule has 156 valence electrons. The zero-order valence-electron chi connectivity index (χ0n) is 21.1. The molecule has 3 atom stereocenters. The first-order valence-electron chi connectivity index (χ1n) is 11.3. The van der Waals surface area contributed by atoms with Gasteiger partial charge in [0.25, 0.3) is 0 Å². The maximum atomic E-state index is 2.40. The molecule has 0 aromatic heterocycles. The molecule has 0 heterocycles. The van der Waals surface area contributed by atoms with Crippen molar-refractivity contribution < 1.29 is 0 Å². The lowest BCUT2D eigenvalue weighted by Gasteiger charge is -2.26. The molecule has 0 aliphatic carbocycles. The lowest BCUT2D eigenvalue weighted by molar-refractivity contribution is 0.240. The summed E-state index contributed by atoms with van der Waals surface area (Å²) in [6.07, 6.45) is 5.20. The summed E-state index contributed by atoms with van der Waals surface area (Å²) >= 11 is 0. The second-order valence-electron chi connectivity index (χ2n) is 6.27. The van der Waals surface area contributed by atoms with Crippen molar-refractivity contribution in [1.82, 2.24) is 0 Å². The number of hydrogen-bond acceptors (Lipinski definition) is 0. The Hall–Kier alpha value is 0. The monoisotopic (exact) mass is 348 g/mol. The van der Waals surface area contributed by atoms with E-state index in [1.165, 1.54) is 25.7 Å². The second kappa shape index (κ2) is 43.5. The average Bonchev–Trinajstić information content (AvgIpc) is 2.59. The summed E-state index contributed by atoms with van der Waals surface area (Å²) in [5.41, 5.74) is 0. The highest BCUT2D eigenvalue weighted by atomic mass is 14.2. The Morgan fingerprint density at radius 3 is 0.917 bits per heavy atom. The van der Waals surface area contributed by atoms with Crippen LogP contribution in [0.4, 0.5) is 0 Å². The van der Waals surface area contributed by atoms with Gasteiger partial charge in [-0.2, -0.15) is 0 Å². The minimum Gasteiger partial charge on any atom is -0.0683 e. The summed E-state index contributed by atoms with van der Waals surface area (Å²) < 4.78 is 0. The highest BCUT2D eigenvalue weighted by molar-refractivity contribution is 4.68. The fourth-order valence-corrected chi connectivity index (χ4v) is 1.89. The third kappa shape index (κ3) is 49.5. The predicted molar refractivity (Wildman–Crippen MR) is 123 cm³/mol. The van der Waals surface area contributed by atoms with Crippen LogP contribution >= 0.6 is 0 Å². The number of rotatable bonds is 5. The van der Waals surface area contributed by atoms with Gasteiger partial charge in [-0.15, -0.1) is 0 Å². The Kier molecular flexibility index (Phi) is 71.0.